The lowest BCUT2D eigenvalue weighted by molar-refractivity contribution is 0.501. The lowest BCUT2D eigenvalue weighted by Crippen LogP contribution is -2.38. The van der Waals surface area contributed by atoms with Gasteiger partial charge in [-0.25, -0.2) is 0 Å². The number of hydrogen-bond donors (Lipinski definition) is 2. The third-order valence-electron chi connectivity index (χ3n) is 3.63. The van der Waals surface area contributed by atoms with Crippen LogP contribution in [0.4, 0.5) is 0 Å². The van der Waals surface area contributed by atoms with E-state index < -0.39 is 0 Å². The van der Waals surface area contributed by atoms with Crippen molar-refractivity contribution < 1.29 is 4.42 Å². The Labute approximate surface area is 95.1 Å². The van der Waals surface area contributed by atoms with E-state index in [4.69, 9.17) is 4.42 Å². The molecule has 0 amide bonds. The highest BCUT2D eigenvalue weighted by atomic mass is 16.3. The zero-order valence-electron chi connectivity index (χ0n) is 9.49. The second-order valence-electron chi connectivity index (χ2n) is 4.77. The normalized spacial score (nSPS) is 25.6. The summed E-state index contributed by atoms with van der Waals surface area (Å²) in [7, 11) is 1.80. The molecule has 0 aliphatic heterocycles. The maximum absolute atomic E-state index is 5.26. The van der Waals surface area contributed by atoms with E-state index in [-0.39, 0.29) is 0 Å². The van der Waals surface area contributed by atoms with Gasteiger partial charge in [-0.3, -0.25) is 4.99 Å². The first kappa shape index (κ1) is 9.75. The van der Waals surface area contributed by atoms with Crippen molar-refractivity contribution in [3.63, 3.8) is 0 Å². The summed E-state index contributed by atoms with van der Waals surface area (Å²) in [4.78, 5) is 4.21. The van der Waals surface area contributed by atoms with E-state index in [1.54, 1.807) is 13.3 Å². The average Bonchev–Trinajstić information content (AvgIpc) is 3.15. The quantitative estimate of drug-likeness (QED) is 0.598. The Balaban J connectivity index is 1.48. The van der Waals surface area contributed by atoms with Crippen LogP contribution in [0.5, 0.6) is 0 Å². The van der Waals surface area contributed by atoms with Crippen LogP contribution in [0.15, 0.2) is 27.8 Å². The van der Waals surface area contributed by atoms with E-state index in [2.05, 4.69) is 15.6 Å². The van der Waals surface area contributed by atoms with E-state index in [0.717, 1.165) is 11.7 Å². The maximum Gasteiger partial charge on any atom is 0.191 e. The first-order chi connectivity index (χ1) is 7.82. The lowest BCUT2D eigenvalue weighted by atomic mass is 10.4. The average molecular weight is 219 g/mol. The van der Waals surface area contributed by atoms with Crippen LogP contribution in [0.1, 0.15) is 25.0 Å². The van der Waals surface area contributed by atoms with Crippen molar-refractivity contribution in [2.24, 2.45) is 10.4 Å². The first-order valence-corrected chi connectivity index (χ1v) is 5.82. The zero-order chi connectivity index (χ0) is 11.0. The number of hydrogen-bond acceptors (Lipinski definition) is 2. The number of furan rings is 1. The third kappa shape index (κ3) is 1.79. The Morgan fingerprint density at radius 1 is 1.62 bits per heavy atom. The molecule has 16 heavy (non-hydrogen) atoms. The summed E-state index contributed by atoms with van der Waals surface area (Å²) in [6, 6.07) is 4.50. The van der Waals surface area contributed by atoms with Gasteiger partial charge in [0.2, 0.25) is 0 Å². The Kier molecular flexibility index (Phi) is 2.16. The SMILES string of the molecule is CN=C(NCc1ccco1)NC1CC12CC2. The molecule has 1 spiro atoms. The fourth-order valence-electron chi connectivity index (χ4n) is 2.21. The summed E-state index contributed by atoms with van der Waals surface area (Å²) >= 11 is 0. The Morgan fingerprint density at radius 2 is 2.50 bits per heavy atom. The molecule has 0 bridgehead atoms. The van der Waals surface area contributed by atoms with Crippen LogP contribution in [-0.2, 0) is 6.54 Å². The minimum absolute atomic E-state index is 0.648. The van der Waals surface area contributed by atoms with Crippen LogP contribution in [0, 0.1) is 5.41 Å². The molecule has 2 aliphatic carbocycles. The van der Waals surface area contributed by atoms with Crippen LogP contribution < -0.4 is 10.6 Å². The van der Waals surface area contributed by atoms with Crippen molar-refractivity contribution in [3.8, 4) is 0 Å². The minimum Gasteiger partial charge on any atom is -0.467 e. The molecular weight excluding hydrogens is 202 g/mol. The molecule has 2 fully saturated rings. The van der Waals surface area contributed by atoms with Gasteiger partial charge < -0.3 is 15.1 Å². The van der Waals surface area contributed by atoms with E-state index >= 15 is 0 Å². The van der Waals surface area contributed by atoms with Gasteiger partial charge in [-0.2, -0.15) is 0 Å². The van der Waals surface area contributed by atoms with E-state index in [1.165, 1.54) is 19.3 Å². The molecule has 2 saturated carbocycles. The molecular formula is C12H17N3O. The number of guanidine groups is 1. The summed E-state index contributed by atoms with van der Waals surface area (Å²) in [6.07, 6.45) is 5.78. The van der Waals surface area contributed by atoms with Crippen molar-refractivity contribution in [1.82, 2.24) is 10.6 Å². The van der Waals surface area contributed by atoms with Gasteiger partial charge in [0.1, 0.15) is 5.76 Å². The topological polar surface area (TPSA) is 49.6 Å². The number of nitrogens with zero attached hydrogens (tertiary/aromatic N) is 1. The van der Waals surface area contributed by atoms with Crippen molar-refractivity contribution in [2.75, 3.05) is 7.05 Å². The van der Waals surface area contributed by atoms with Gasteiger partial charge in [-0.15, -0.1) is 0 Å². The minimum atomic E-state index is 0.648. The lowest BCUT2D eigenvalue weighted by Gasteiger charge is -2.10. The molecule has 2 N–H and O–H groups in total. The van der Waals surface area contributed by atoms with Crippen LogP contribution in [-0.4, -0.2) is 19.0 Å². The predicted molar refractivity (Wildman–Crippen MR) is 62.1 cm³/mol. The van der Waals surface area contributed by atoms with Crippen molar-refractivity contribution in [2.45, 2.75) is 31.8 Å². The first-order valence-electron chi connectivity index (χ1n) is 5.82. The molecule has 0 aromatic carbocycles. The number of aliphatic imine (C=N–C) groups is 1. The van der Waals surface area contributed by atoms with Gasteiger partial charge >= 0.3 is 0 Å². The Bertz CT molecular complexity index is 392. The molecule has 0 radical (unpaired) electrons. The van der Waals surface area contributed by atoms with Crippen LogP contribution in [0.25, 0.3) is 0 Å². The summed E-state index contributed by atoms with van der Waals surface area (Å²) in [5.41, 5.74) is 0.655. The van der Waals surface area contributed by atoms with Crippen molar-refractivity contribution in [3.05, 3.63) is 24.2 Å². The summed E-state index contributed by atoms with van der Waals surface area (Å²) in [6.45, 7) is 0.687. The second kappa shape index (κ2) is 3.54. The Hall–Kier alpha value is -1.45. The van der Waals surface area contributed by atoms with Crippen LogP contribution in [0.2, 0.25) is 0 Å². The molecule has 4 heteroatoms. The standard InChI is InChI=1S/C12H17N3O/c1-13-11(14-8-9-3-2-6-16-9)15-10-7-12(10)4-5-12/h2-3,6,10H,4-5,7-8H2,1H3,(H2,13,14,15). The highest BCUT2D eigenvalue weighted by Gasteiger charge is 2.63. The third-order valence-corrected chi connectivity index (χ3v) is 3.63. The van der Waals surface area contributed by atoms with E-state index in [0.29, 0.717) is 18.0 Å². The monoisotopic (exact) mass is 219 g/mol. The van der Waals surface area contributed by atoms with Crippen LogP contribution >= 0.6 is 0 Å². The number of rotatable bonds is 3. The molecule has 1 aromatic heterocycles. The molecule has 1 aromatic rings. The van der Waals surface area contributed by atoms with Gasteiger partial charge in [0.05, 0.1) is 12.8 Å². The second-order valence-corrected chi connectivity index (χ2v) is 4.77. The molecule has 2 aliphatic rings. The molecule has 4 nitrogen and oxygen atoms in total. The van der Waals surface area contributed by atoms with Gasteiger partial charge in [0, 0.05) is 13.1 Å². The fraction of sp³-hybridized carbons (Fsp3) is 0.583. The summed E-state index contributed by atoms with van der Waals surface area (Å²) in [5, 5.41) is 6.71. The largest absolute Gasteiger partial charge is 0.467 e. The van der Waals surface area contributed by atoms with Crippen molar-refractivity contribution in [1.29, 1.82) is 0 Å². The van der Waals surface area contributed by atoms with Gasteiger partial charge in [0.15, 0.2) is 5.96 Å². The van der Waals surface area contributed by atoms with Crippen LogP contribution in [0.3, 0.4) is 0 Å². The summed E-state index contributed by atoms with van der Waals surface area (Å²) in [5.74, 6) is 1.81. The Morgan fingerprint density at radius 3 is 3.06 bits per heavy atom. The van der Waals surface area contributed by atoms with Gasteiger partial charge in [-0.05, 0) is 36.8 Å². The fourth-order valence-corrected chi connectivity index (χ4v) is 2.21. The van der Waals surface area contributed by atoms with Gasteiger partial charge in [0.25, 0.3) is 0 Å². The zero-order valence-corrected chi connectivity index (χ0v) is 9.49. The van der Waals surface area contributed by atoms with E-state index in [1.807, 2.05) is 12.1 Å². The molecule has 1 unspecified atom stereocenters. The number of nitrogens with one attached hydrogen (secondary N) is 2. The molecule has 86 valence electrons. The highest BCUT2D eigenvalue weighted by molar-refractivity contribution is 5.80. The molecule has 0 saturated heterocycles. The smallest absolute Gasteiger partial charge is 0.191 e. The summed E-state index contributed by atoms with van der Waals surface area (Å²) < 4.78 is 5.26. The van der Waals surface area contributed by atoms with Gasteiger partial charge in [-0.1, -0.05) is 0 Å². The molecule has 1 atom stereocenters. The molecule has 1 heterocycles. The maximum atomic E-state index is 5.26. The van der Waals surface area contributed by atoms with E-state index in [9.17, 15) is 0 Å². The highest BCUT2D eigenvalue weighted by Crippen LogP contribution is 2.65. The van der Waals surface area contributed by atoms with Crippen molar-refractivity contribution >= 4 is 5.96 Å². The predicted octanol–water partition coefficient (Wildman–Crippen LogP) is 1.50. The molecule has 3 rings (SSSR count).